The van der Waals surface area contributed by atoms with Gasteiger partial charge in [-0.25, -0.2) is 4.98 Å². The van der Waals surface area contributed by atoms with Gasteiger partial charge in [0.05, 0.1) is 0 Å². The van der Waals surface area contributed by atoms with E-state index < -0.39 is 0 Å². The monoisotopic (exact) mass is 209 g/mol. The van der Waals surface area contributed by atoms with E-state index in [1.54, 1.807) is 0 Å². The molecule has 1 aromatic heterocycles. The Labute approximate surface area is 89.9 Å². The van der Waals surface area contributed by atoms with E-state index in [9.17, 15) is 4.79 Å². The first-order chi connectivity index (χ1) is 7.15. The molecule has 0 amide bonds. The van der Waals surface area contributed by atoms with E-state index in [1.807, 2.05) is 6.92 Å². The number of hydrogen-bond donors (Lipinski definition) is 2. The van der Waals surface area contributed by atoms with Gasteiger partial charge in [0, 0.05) is 11.3 Å². The smallest absolute Gasteiger partial charge is 0.255 e. The summed E-state index contributed by atoms with van der Waals surface area (Å²) in [5.74, 6) is 0.204. The largest absolute Gasteiger partial charge is 0.369 e. The molecule has 0 unspecified atom stereocenters. The van der Waals surface area contributed by atoms with E-state index in [4.69, 9.17) is 5.73 Å². The molecular weight excluding hydrogens is 190 g/mol. The second-order valence-electron chi connectivity index (χ2n) is 3.83. The van der Waals surface area contributed by atoms with Gasteiger partial charge in [-0.05, 0) is 19.8 Å². The lowest BCUT2D eigenvalue weighted by molar-refractivity contribution is 0.661. The molecule has 0 saturated carbocycles. The molecule has 3 N–H and O–H groups in total. The number of anilines is 1. The number of nitrogens with two attached hydrogens (primary N) is 1. The molecule has 0 aromatic carbocycles. The maximum Gasteiger partial charge on any atom is 0.255 e. The fourth-order valence-electron chi connectivity index (χ4n) is 1.66. The highest BCUT2D eigenvalue weighted by Gasteiger charge is 2.05. The van der Waals surface area contributed by atoms with Gasteiger partial charge < -0.3 is 5.73 Å². The molecule has 0 aliphatic heterocycles. The summed E-state index contributed by atoms with van der Waals surface area (Å²) in [5.41, 5.74) is 6.89. The van der Waals surface area contributed by atoms with Gasteiger partial charge in [0.15, 0.2) is 0 Å². The van der Waals surface area contributed by atoms with E-state index in [0.29, 0.717) is 0 Å². The Morgan fingerprint density at radius 2 is 2.07 bits per heavy atom. The first-order valence-corrected chi connectivity index (χ1v) is 5.50. The summed E-state index contributed by atoms with van der Waals surface area (Å²) in [6.45, 7) is 4.00. The molecule has 0 bridgehead atoms. The molecule has 4 nitrogen and oxygen atoms in total. The first kappa shape index (κ1) is 11.8. The summed E-state index contributed by atoms with van der Waals surface area (Å²) in [6, 6.07) is 0. The fourth-order valence-corrected chi connectivity index (χ4v) is 1.66. The molecule has 84 valence electrons. The lowest BCUT2D eigenvalue weighted by Crippen LogP contribution is -2.18. The summed E-state index contributed by atoms with van der Waals surface area (Å²) in [5, 5.41) is 0. The third kappa shape index (κ3) is 3.38. The van der Waals surface area contributed by atoms with Crippen LogP contribution in [0.15, 0.2) is 4.79 Å². The van der Waals surface area contributed by atoms with Crippen molar-refractivity contribution in [2.24, 2.45) is 0 Å². The second kappa shape index (κ2) is 5.53. The molecule has 0 aliphatic rings. The zero-order valence-corrected chi connectivity index (χ0v) is 9.47. The van der Waals surface area contributed by atoms with Crippen LogP contribution in [0, 0.1) is 6.92 Å². The van der Waals surface area contributed by atoms with Crippen LogP contribution in [0.5, 0.6) is 0 Å². The van der Waals surface area contributed by atoms with Gasteiger partial charge in [0.2, 0.25) is 5.95 Å². The summed E-state index contributed by atoms with van der Waals surface area (Å²) in [7, 11) is 0. The molecule has 0 spiro atoms. The van der Waals surface area contributed by atoms with Crippen molar-refractivity contribution in [2.75, 3.05) is 5.73 Å². The van der Waals surface area contributed by atoms with Gasteiger partial charge >= 0.3 is 0 Å². The number of aromatic nitrogens is 2. The van der Waals surface area contributed by atoms with Crippen molar-refractivity contribution in [1.29, 1.82) is 0 Å². The van der Waals surface area contributed by atoms with Crippen LogP contribution in [-0.2, 0) is 6.42 Å². The highest BCUT2D eigenvalue weighted by molar-refractivity contribution is 5.24. The van der Waals surface area contributed by atoms with Crippen LogP contribution in [-0.4, -0.2) is 9.97 Å². The predicted molar refractivity (Wildman–Crippen MR) is 61.9 cm³/mol. The number of hydrogen-bond acceptors (Lipinski definition) is 3. The maximum atomic E-state index is 11.5. The number of rotatable bonds is 5. The number of nitrogens with zero attached hydrogens (tertiary/aromatic N) is 1. The SMILES string of the molecule is CCCCCCc1c(C)nc(N)[nH]c1=O. The molecule has 0 atom stereocenters. The van der Waals surface area contributed by atoms with E-state index in [1.165, 1.54) is 19.3 Å². The van der Waals surface area contributed by atoms with Crippen molar-refractivity contribution >= 4 is 5.95 Å². The Bertz CT molecular complexity index is 371. The van der Waals surface area contributed by atoms with Crippen molar-refractivity contribution < 1.29 is 0 Å². The Hall–Kier alpha value is -1.32. The molecule has 1 heterocycles. The maximum absolute atomic E-state index is 11.5. The lowest BCUT2D eigenvalue weighted by Gasteiger charge is -2.04. The molecule has 15 heavy (non-hydrogen) atoms. The van der Waals surface area contributed by atoms with Gasteiger partial charge in [-0.1, -0.05) is 26.2 Å². The minimum atomic E-state index is -0.0866. The highest BCUT2D eigenvalue weighted by atomic mass is 16.1. The zero-order chi connectivity index (χ0) is 11.3. The molecule has 1 aromatic rings. The number of aromatic amines is 1. The van der Waals surface area contributed by atoms with Gasteiger partial charge in [-0.3, -0.25) is 9.78 Å². The van der Waals surface area contributed by atoms with Crippen molar-refractivity contribution in [3.05, 3.63) is 21.6 Å². The first-order valence-electron chi connectivity index (χ1n) is 5.50. The summed E-state index contributed by atoms with van der Waals surface area (Å²) in [4.78, 5) is 18.1. The Balaban J connectivity index is 2.65. The molecule has 0 saturated heterocycles. The predicted octanol–water partition coefficient (Wildman–Crippen LogP) is 1.78. The van der Waals surface area contributed by atoms with Crippen molar-refractivity contribution in [2.45, 2.75) is 46.0 Å². The molecule has 1 rings (SSSR count). The Morgan fingerprint density at radius 1 is 1.33 bits per heavy atom. The van der Waals surface area contributed by atoms with Gasteiger partial charge in [0.25, 0.3) is 5.56 Å². The lowest BCUT2D eigenvalue weighted by atomic mass is 10.1. The number of unbranched alkanes of at least 4 members (excludes halogenated alkanes) is 3. The van der Waals surface area contributed by atoms with Gasteiger partial charge in [-0.15, -0.1) is 0 Å². The summed E-state index contributed by atoms with van der Waals surface area (Å²) in [6.07, 6.45) is 5.44. The molecule has 0 aliphatic carbocycles. The van der Waals surface area contributed by atoms with Crippen LogP contribution in [0.4, 0.5) is 5.95 Å². The topological polar surface area (TPSA) is 71.8 Å². The Morgan fingerprint density at radius 3 is 2.67 bits per heavy atom. The quantitative estimate of drug-likeness (QED) is 0.726. The molecular formula is C11H19N3O. The minimum Gasteiger partial charge on any atom is -0.369 e. The third-order valence-electron chi connectivity index (χ3n) is 2.52. The van der Waals surface area contributed by atoms with Crippen LogP contribution in [0.25, 0.3) is 0 Å². The average molecular weight is 209 g/mol. The molecule has 0 fully saturated rings. The summed E-state index contributed by atoms with van der Waals surface area (Å²) >= 11 is 0. The number of aryl methyl sites for hydroxylation is 1. The van der Waals surface area contributed by atoms with Crippen LogP contribution in [0.1, 0.15) is 43.9 Å². The van der Waals surface area contributed by atoms with Crippen molar-refractivity contribution in [3.8, 4) is 0 Å². The second-order valence-corrected chi connectivity index (χ2v) is 3.83. The van der Waals surface area contributed by atoms with Crippen molar-refractivity contribution in [1.82, 2.24) is 9.97 Å². The molecule has 4 heteroatoms. The normalized spacial score (nSPS) is 10.5. The van der Waals surface area contributed by atoms with Crippen molar-refractivity contribution in [3.63, 3.8) is 0 Å². The van der Waals surface area contributed by atoms with E-state index in [2.05, 4.69) is 16.9 Å². The minimum absolute atomic E-state index is 0.0866. The van der Waals surface area contributed by atoms with E-state index in [0.717, 1.165) is 24.1 Å². The van der Waals surface area contributed by atoms with E-state index >= 15 is 0 Å². The van der Waals surface area contributed by atoms with Crippen LogP contribution in [0.3, 0.4) is 0 Å². The van der Waals surface area contributed by atoms with Crippen LogP contribution >= 0.6 is 0 Å². The van der Waals surface area contributed by atoms with Crippen LogP contribution < -0.4 is 11.3 Å². The third-order valence-corrected chi connectivity index (χ3v) is 2.52. The average Bonchev–Trinajstić information content (AvgIpc) is 2.15. The molecule has 0 radical (unpaired) electrons. The number of nitrogens with one attached hydrogen (secondary N) is 1. The standard InChI is InChI=1S/C11H19N3O/c1-3-4-5-6-7-9-8(2)13-11(12)14-10(9)15/h3-7H2,1-2H3,(H3,12,13,14,15). The number of nitrogen functional groups attached to an aromatic ring is 1. The highest BCUT2D eigenvalue weighted by Crippen LogP contribution is 2.07. The fraction of sp³-hybridized carbons (Fsp3) is 0.636. The Kier molecular flexibility index (Phi) is 4.34. The van der Waals surface area contributed by atoms with Gasteiger partial charge in [-0.2, -0.15) is 0 Å². The van der Waals surface area contributed by atoms with E-state index in [-0.39, 0.29) is 11.5 Å². The number of H-pyrrole nitrogens is 1. The zero-order valence-electron chi connectivity index (χ0n) is 9.47. The van der Waals surface area contributed by atoms with Crippen LogP contribution in [0.2, 0.25) is 0 Å². The van der Waals surface area contributed by atoms with Gasteiger partial charge in [0.1, 0.15) is 0 Å². The summed E-state index contributed by atoms with van der Waals surface area (Å²) < 4.78 is 0.